The Balaban J connectivity index is 1.81. The summed E-state index contributed by atoms with van der Waals surface area (Å²) in [7, 11) is 5.86. The van der Waals surface area contributed by atoms with Crippen molar-refractivity contribution in [3.8, 4) is 28.4 Å². The zero-order chi connectivity index (χ0) is 33.0. The van der Waals surface area contributed by atoms with E-state index in [2.05, 4.69) is 20.9 Å². The fourth-order valence-electron chi connectivity index (χ4n) is 5.45. The number of hydrogen-bond donors (Lipinski definition) is 3. The molecule has 12 nitrogen and oxygen atoms in total. The van der Waals surface area contributed by atoms with Gasteiger partial charge in [-0.25, -0.2) is 9.78 Å². The standard InChI is InChI=1S/C32H38N4O8S/c1-15(2)26(30(39)36-32-35-27(16(3)45-32)31(40)44-8)34-22-12-10-19-20(14-23(22)38)21(33-17(4)37)11-9-18-13-24(41-5)28(42-6)29(43-7)25(18)19/h10,12-15,21,26H,9,11H2,1-8H3,(H,33,37)(H,34,38)(H,35,36,39). The Morgan fingerprint density at radius 3 is 2.33 bits per heavy atom. The average molecular weight is 639 g/mol. The number of aryl methyl sites for hydroxylation is 2. The Kier molecular flexibility index (Phi) is 10.3. The minimum Gasteiger partial charge on any atom is -0.493 e. The van der Waals surface area contributed by atoms with Crippen LogP contribution in [0.1, 0.15) is 59.7 Å². The largest absolute Gasteiger partial charge is 0.493 e. The summed E-state index contributed by atoms with van der Waals surface area (Å²) in [5, 5.41) is 9.12. The molecule has 0 aliphatic heterocycles. The highest BCUT2D eigenvalue weighted by molar-refractivity contribution is 7.16. The van der Waals surface area contributed by atoms with Crippen LogP contribution in [0.15, 0.2) is 29.1 Å². The molecule has 1 aromatic heterocycles. The number of ether oxygens (including phenoxy) is 4. The van der Waals surface area contributed by atoms with Crippen molar-refractivity contribution in [3.63, 3.8) is 0 Å². The molecular weight excluding hydrogens is 600 g/mol. The Hall–Kier alpha value is -4.65. The van der Waals surface area contributed by atoms with Crippen LogP contribution in [0, 0.1) is 12.8 Å². The second-order valence-electron chi connectivity index (χ2n) is 10.9. The van der Waals surface area contributed by atoms with Gasteiger partial charge in [-0.3, -0.25) is 14.4 Å². The summed E-state index contributed by atoms with van der Waals surface area (Å²) >= 11 is 1.15. The highest BCUT2D eigenvalue weighted by Crippen LogP contribution is 2.50. The van der Waals surface area contributed by atoms with Gasteiger partial charge < -0.3 is 34.9 Å². The van der Waals surface area contributed by atoms with Gasteiger partial charge in [-0.15, -0.1) is 11.3 Å². The number of thiazole rings is 1. The van der Waals surface area contributed by atoms with Crippen LogP contribution in [-0.2, 0) is 20.7 Å². The lowest BCUT2D eigenvalue weighted by Gasteiger charge is -2.21. The van der Waals surface area contributed by atoms with Gasteiger partial charge >= 0.3 is 5.97 Å². The van der Waals surface area contributed by atoms with Crippen LogP contribution in [0.25, 0.3) is 11.1 Å². The summed E-state index contributed by atoms with van der Waals surface area (Å²) in [6.07, 6.45) is 1.08. The van der Waals surface area contributed by atoms with Crippen molar-refractivity contribution in [3.05, 3.63) is 56.2 Å². The molecule has 240 valence electrons. The molecule has 0 saturated carbocycles. The number of rotatable bonds is 10. The fraction of sp³-hybridized carbons (Fsp3) is 0.406. The maximum atomic E-state index is 13.8. The molecule has 1 aliphatic carbocycles. The van der Waals surface area contributed by atoms with Crippen molar-refractivity contribution in [1.29, 1.82) is 0 Å². The van der Waals surface area contributed by atoms with Crippen LogP contribution in [0.2, 0.25) is 0 Å². The first-order valence-corrected chi connectivity index (χ1v) is 15.2. The molecule has 0 radical (unpaired) electrons. The SMILES string of the molecule is COC(=O)c1nc(NC(=O)C(Nc2ccc3c(cc2=O)C(NC(C)=O)CCc2cc(OC)c(OC)c(OC)c2-3)C(C)C)sc1C. The third kappa shape index (κ3) is 6.88. The van der Waals surface area contributed by atoms with Crippen molar-refractivity contribution < 1.29 is 33.3 Å². The highest BCUT2D eigenvalue weighted by atomic mass is 32.1. The number of carbonyl (C=O) groups excluding carboxylic acids is 3. The fourth-order valence-corrected chi connectivity index (χ4v) is 6.25. The molecule has 2 aromatic carbocycles. The number of amides is 2. The summed E-state index contributed by atoms with van der Waals surface area (Å²) in [6, 6.07) is 5.48. The van der Waals surface area contributed by atoms with Crippen molar-refractivity contribution in [1.82, 2.24) is 10.3 Å². The van der Waals surface area contributed by atoms with Crippen molar-refractivity contribution in [2.45, 2.75) is 52.6 Å². The van der Waals surface area contributed by atoms with E-state index in [9.17, 15) is 19.2 Å². The quantitative estimate of drug-likeness (QED) is 0.271. The Bertz CT molecular complexity index is 1690. The number of carbonyl (C=O) groups is 3. The van der Waals surface area contributed by atoms with E-state index in [1.54, 1.807) is 26.2 Å². The molecule has 3 aromatic rings. The number of anilines is 2. The summed E-state index contributed by atoms with van der Waals surface area (Å²) in [5.41, 5.74) is 2.84. The first kappa shape index (κ1) is 33.2. The number of nitrogens with zero attached hydrogens (tertiary/aromatic N) is 1. The third-order valence-electron chi connectivity index (χ3n) is 7.58. The van der Waals surface area contributed by atoms with Crippen LogP contribution in [0.5, 0.6) is 17.2 Å². The Morgan fingerprint density at radius 1 is 1.02 bits per heavy atom. The Morgan fingerprint density at radius 2 is 1.73 bits per heavy atom. The Labute approximate surface area is 265 Å². The number of fused-ring (bicyclic) bond motifs is 3. The molecule has 13 heteroatoms. The number of nitrogens with one attached hydrogen (secondary N) is 3. The van der Waals surface area contributed by atoms with Crippen molar-refractivity contribution in [2.75, 3.05) is 39.1 Å². The monoisotopic (exact) mass is 638 g/mol. The predicted octanol–water partition coefficient (Wildman–Crippen LogP) is 4.49. The van der Waals surface area contributed by atoms with Crippen molar-refractivity contribution in [2.24, 2.45) is 5.92 Å². The van der Waals surface area contributed by atoms with Gasteiger partial charge in [-0.1, -0.05) is 19.9 Å². The molecule has 45 heavy (non-hydrogen) atoms. The zero-order valence-electron chi connectivity index (χ0n) is 26.6. The lowest BCUT2D eigenvalue weighted by molar-refractivity contribution is -0.120. The zero-order valence-corrected chi connectivity index (χ0v) is 27.4. The number of methoxy groups -OCH3 is 4. The summed E-state index contributed by atoms with van der Waals surface area (Å²) in [5.74, 6) is -0.155. The molecular formula is C32H38N4O8S. The molecule has 2 atom stereocenters. The molecule has 1 aliphatic rings. The normalized spacial score (nSPS) is 14.3. The molecule has 0 saturated heterocycles. The highest BCUT2D eigenvalue weighted by Gasteiger charge is 2.30. The maximum absolute atomic E-state index is 13.8. The molecule has 0 fully saturated rings. The van der Waals surface area contributed by atoms with Gasteiger partial charge in [-0.05, 0) is 60.6 Å². The molecule has 0 spiro atoms. The number of benzene rings is 1. The number of aromatic nitrogens is 1. The van der Waals surface area contributed by atoms with Gasteiger partial charge in [0.05, 0.1) is 40.2 Å². The molecule has 0 bridgehead atoms. The minimum atomic E-state index is -0.831. The average Bonchev–Trinajstić information content (AvgIpc) is 3.20. The minimum absolute atomic E-state index is 0.129. The second kappa shape index (κ2) is 14.0. The predicted molar refractivity (Wildman–Crippen MR) is 172 cm³/mol. The second-order valence-corrected chi connectivity index (χ2v) is 12.1. The molecule has 2 amide bonds. The van der Waals surface area contributed by atoms with Crippen LogP contribution >= 0.6 is 11.3 Å². The van der Waals surface area contributed by atoms with Gasteiger partial charge in [0.2, 0.25) is 23.0 Å². The molecule has 3 N–H and O–H groups in total. The number of esters is 1. The molecule has 1 heterocycles. The van der Waals surface area contributed by atoms with E-state index in [0.29, 0.717) is 46.1 Å². The first-order chi connectivity index (χ1) is 21.4. The lowest BCUT2D eigenvalue weighted by Crippen LogP contribution is -2.39. The van der Waals surface area contributed by atoms with Gasteiger partial charge in [-0.2, -0.15) is 0 Å². The van der Waals surface area contributed by atoms with Gasteiger partial charge in [0.15, 0.2) is 22.3 Å². The number of hydrogen-bond acceptors (Lipinski definition) is 11. The van der Waals surface area contributed by atoms with Gasteiger partial charge in [0, 0.05) is 17.4 Å². The van der Waals surface area contributed by atoms with Gasteiger partial charge in [0.1, 0.15) is 6.04 Å². The van der Waals surface area contributed by atoms with Crippen LogP contribution in [0.3, 0.4) is 0 Å². The smallest absolute Gasteiger partial charge is 0.357 e. The van der Waals surface area contributed by atoms with E-state index >= 15 is 0 Å². The van der Waals surface area contributed by atoms with E-state index < -0.39 is 24.0 Å². The van der Waals surface area contributed by atoms with Crippen LogP contribution in [-0.4, -0.2) is 57.2 Å². The van der Waals surface area contributed by atoms with E-state index in [4.69, 9.17) is 18.9 Å². The summed E-state index contributed by atoms with van der Waals surface area (Å²) in [4.78, 5) is 56.3. The topological polar surface area (TPSA) is 154 Å². The van der Waals surface area contributed by atoms with E-state index in [-0.39, 0.29) is 33.8 Å². The van der Waals surface area contributed by atoms with E-state index in [1.165, 1.54) is 34.3 Å². The van der Waals surface area contributed by atoms with Crippen molar-refractivity contribution >= 4 is 39.9 Å². The van der Waals surface area contributed by atoms with E-state index in [1.807, 2.05) is 19.9 Å². The van der Waals surface area contributed by atoms with E-state index in [0.717, 1.165) is 22.5 Å². The third-order valence-corrected chi connectivity index (χ3v) is 8.47. The van der Waals surface area contributed by atoms with Crippen LogP contribution in [0.4, 0.5) is 10.8 Å². The lowest BCUT2D eigenvalue weighted by atomic mass is 9.95. The molecule has 2 unspecified atom stereocenters. The maximum Gasteiger partial charge on any atom is 0.357 e. The summed E-state index contributed by atoms with van der Waals surface area (Å²) in [6.45, 7) is 6.84. The van der Waals surface area contributed by atoms with Gasteiger partial charge in [0.25, 0.3) is 0 Å². The first-order valence-electron chi connectivity index (χ1n) is 14.3. The molecule has 4 rings (SSSR count). The summed E-state index contributed by atoms with van der Waals surface area (Å²) < 4.78 is 21.8. The van der Waals surface area contributed by atoms with Crippen LogP contribution < -0.4 is 35.6 Å².